The van der Waals surface area contributed by atoms with E-state index in [-0.39, 0.29) is 6.04 Å². The van der Waals surface area contributed by atoms with Gasteiger partial charge in [0.25, 0.3) is 0 Å². The molecule has 2 rings (SSSR count). The number of nitrogens with one attached hydrogen (secondary N) is 1. The Morgan fingerprint density at radius 3 is 2.53 bits per heavy atom. The zero-order valence-electron chi connectivity index (χ0n) is 10.5. The SMILES string of the molecule is CC(NCc1ccc(Cl)c(Br)c1)c1ccccc1Br. The van der Waals surface area contributed by atoms with Crippen LogP contribution in [0.3, 0.4) is 0 Å². The Hall–Kier alpha value is -0.350. The summed E-state index contributed by atoms with van der Waals surface area (Å²) < 4.78 is 2.06. The molecule has 0 aliphatic heterocycles. The van der Waals surface area contributed by atoms with Gasteiger partial charge < -0.3 is 5.32 Å². The Bertz CT molecular complexity index is 572. The van der Waals surface area contributed by atoms with Gasteiger partial charge >= 0.3 is 0 Å². The molecule has 0 aliphatic carbocycles. The van der Waals surface area contributed by atoms with Gasteiger partial charge in [-0.1, -0.05) is 51.8 Å². The highest BCUT2D eigenvalue weighted by Gasteiger charge is 2.08. The van der Waals surface area contributed by atoms with Crippen molar-refractivity contribution in [3.63, 3.8) is 0 Å². The summed E-state index contributed by atoms with van der Waals surface area (Å²) in [5.41, 5.74) is 2.46. The van der Waals surface area contributed by atoms with Gasteiger partial charge in [0.2, 0.25) is 0 Å². The van der Waals surface area contributed by atoms with E-state index in [9.17, 15) is 0 Å². The Kier molecular flexibility index (Phi) is 5.46. The van der Waals surface area contributed by atoms with Crippen LogP contribution in [0.5, 0.6) is 0 Å². The molecular formula is C15H14Br2ClN. The number of halogens is 3. The van der Waals surface area contributed by atoms with Gasteiger partial charge in [0.15, 0.2) is 0 Å². The topological polar surface area (TPSA) is 12.0 Å². The molecule has 0 fully saturated rings. The number of benzene rings is 2. The minimum Gasteiger partial charge on any atom is -0.306 e. The van der Waals surface area contributed by atoms with E-state index in [0.717, 1.165) is 20.5 Å². The maximum atomic E-state index is 5.99. The van der Waals surface area contributed by atoms with Crippen LogP contribution < -0.4 is 5.32 Å². The predicted molar refractivity (Wildman–Crippen MR) is 88.5 cm³/mol. The highest BCUT2D eigenvalue weighted by molar-refractivity contribution is 9.10. The molecule has 0 radical (unpaired) electrons. The third-order valence-electron chi connectivity index (χ3n) is 2.97. The van der Waals surface area contributed by atoms with E-state index in [1.165, 1.54) is 11.1 Å². The maximum absolute atomic E-state index is 5.99. The Balaban J connectivity index is 2.02. The monoisotopic (exact) mass is 401 g/mol. The summed E-state index contributed by atoms with van der Waals surface area (Å²) in [7, 11) is 0. The summed E-state index contributed by atoms with van der Waals surface area (Å²) in [4.78, 5) is 0. The molecule has 1 unspecified atom stereocenters. The second kappa shape index (κ2) is 6.89. The zero-order chi connectivity index (χ0) is 13.8. The molecule has 2 aromatic rings. The van der Waals surface area contributed by atoms with Crippen LogP contribution in [0.15, 0.2) is 51.4 Å². The molecule has 1 atom stereocenters. The second-order valence-electron chi connectivity index (χ2n) is 4.37. The van der Waals surface area contributed by atoms with Crippen molar-refractivity contribution in [1.82, 2.24) is 5.32 Å². The van der Waals surface area contributed by atoms with E-state index in [0.29, 0.717) is 0 Å². The standard InChI is InChI=1S/C15H14Br2ClN/c1-10(12-4-2-3-5-13(12)16)19-9-11-6-7-15(18)14(17)8-11/h2-8,10,19H,9H2,1H3. The first kappa shape index (κ1) is 15.0. The van der Waals surface area contributed by atoms with E-state index < -0.39 is 0 Å². The van der Waals surface area contributed by atoms with E-state index in [2.05, 4.69) is 62.3 Å². The fourth-order valence-electron chi connectivity index (χ4n) is 1.86. The molecule has 4 heteroatoms. The molecule has 2 aromatic carbocycles. The van der Waals surface area contributed by atoms with Crippen molar-refractivity contribution in [1.29, 1.82) is 0 Å². The van der Waals surface area contributed by atoms with Crippen LogP contribution in [0, 0.1) is 0 Å². The highest BCUT2D eigenvalue weighted by atomic mass is 79.9. The number of rotatable bonds is 4. The lowest BCUT2D eigenvalue weighted by atomic mass is 10.1. The van der Waals surface area contributed by atoms with Crippen LogP contribution in [-0.2, 0) is 6.54 Å². The molecule has 0 aliphatic rings. The van der Waals surface area contributed by atoms with Gasteiger partial charge in [0.05, 0.1) is 5.02 Å². The molecule has 100 valence electrons. The van der Waals surface area contributed by atoms with Crippen molar-refractivity contribution < 1.29 is 0 Å². The van der Waals surface area contributed by atoms with Gasteiger partial charge in [-0.2, -0.15) is 0 Å². The fourth-order valence-corrected chi connectivity index (χ4v) is 3.03. The van der Waals surface area contributed by atoms with Crippen LogP contribution in [0.25, 0.3) is 0 Å². The molecule has 0 spiro atoms. The Labute approximate surface area is 135 Å². The molecule has 0 bridgehead atoms. The molecule has 1 N–H and O–H groups in total. The summed E-state index contributed by atoms with van der Waals surface area (Å²) in [5, 5.41) is 4.25. The Morgan fingerprint density at radius 1 is 1.11 bits per heavy atom. The minimum absolute atomic E-state index is 0.282. The van der Waals surface area contributed by atoms with Crippen molar-refractivity contribution in [3.8, 4) is 0 Å². The summed E-state index contributed by atoms with van der Waals surface area (Å²) in [6.45, 7) is 2.96. The first-order valence-electron chi connectivity index (χ1n) is 5.99. The van der Waals surface area contributed by atoms with E-state index in [1.54, 1.807) is 0 Å². The van der Waals surface area contributed by atoms with Crippen LogP contribution >= 0.6 is 43.5 Å². The van der Waals surface area contributed by atoms with Gasteiger partial charge in [-0.15, -0.1) is 0 Å². The highest BCUT2D eigenvalue weighted by Crippen LogP contribution is 2.25. The normalized spacial score (nSPS) is 12.4. The minimum atomic E-state index is 0.282. The largest absolute Gasteiger partial charge is 0.306 e. The first-order chi connectivity index (χ1) is 9.08. The number of hydrogen-bond donors (Lipinski definition) is 1. The van der Waals surface area contributed by atoms with E-state index in [1.807, 2.05) is 24.3 Å². The average Bonchev–Trinajstić information content (AvgIpc) is 2.40. The third kappa shape index (κ3) is 4.06. The van der Waals surface area contributed by atoms with Crippen LogP contribution in [0.4, 0.5) is 0 Å². The van der Waals surface area contributed by atoms with E-state index >= 15 is 0 Å². The van der Waals surface area contributed by atoms with Crippen LogP contribution in [0.2, 0.25) is 5.02 Å². The van der Waals surface area contributed by atoms with Crippen molar-refractivity contribution in [2.45, 2.75) is 19.5 Å². The molecule has 0 saturated heterocycles. The summed E-state index contributed by atoms with van der Waals surface area (Å²) in [5.74, 6) is 0. The van der Waals surface area contributed by atoms with Crippen molar-refractivity contribution in [2.24, 2.45) is 0 Å². The molecule has 0 amide bonds. The molecular weight excluding hydrogens is 389 g/mol. The van der Waals surface area contributed by atoms with Gasteiger partial charge in [-0.05, 0) is 52.2 Å². The quantitative estimate of drug-likeness (QED) is 0.689. The van der Waals surface area contributed by atoms with Crippen LogP contribution in [-0.4, -0.2) is 0 Å². The average molecular weight is 404 g/mol. The van der Waals surface area contributed by atoms with Gasteiger partial charge in [0.1, 0.15) is 0 Å². The maximum Gasteiger partial charge on any atom is 0.0548 e. The van der Waals surface area contributed by atoms with Gasteiger partial charge in [-0.25, -0.2) is 0 Å². The lowest BCUT2D eigenvalue weighted by Crippen LogP contribution is -2.18. The van der Waals surface area contributed by atoms with Crippen molar-refractivity contribution in [3.05, 3.63) is 67.6 Å². The molecule has 1 nitrogen and oxygen atoms in total. The van der Waals surface area contributed by atoms with Gasteiger partial charge in [-0.3, -0.25) is 0 Å². The summed E-state index contributed by atoms with van der Waals surface area (Å²) >= 11 is 13.0. The smallest absolute Gasteiger partial charge is 0.0548 e. The molecule has 0 saturated carbocycles. The number of hydrogen-bond acceptors (Lipinski definition) is 1. The van der Waals surface area contributed by atoms with Crippen molar-refractivity contribution >= 4 is 43.5 Å². The molecule has 19 heavy (non-hydrogen) atoms. The Morgan fingerprint density at radius 2 is 1.84 bits per heavy atom. The zero-order valence-corrected chi connectivity index (χ0v) is 14.4. The predicted octanol–water partition coefficient (Wildman–Crippen LogP) is 5.72. The first-order valence-corrected chi connectivity index (χ1v) is 7.96. The van der Waals surface area contributed by atoms with Crippen molar-refractivity contribution in [2.75, 3.05) is 0 Å². The molecule has 0 heterocycles. The lowest BCUT2D eigenvalue weighted by molar-refractivity contribution is 0.573. The lowest BCUT2D eigenvalue weighted by Gasteiger charge is -2.16. The van der Waals surface area contributed by atoms with E-state index in [4.69, 9.17) is 11.6 Å². The van der Waals surface area contributed by atoms with Gasteiger partial charge in [0, 0.05) is 21.5 Å². The summed E-state index contributed by atoms with van der Waals surface area (Å²) in [6, 6.07) is 14.5. The fraction of sp³-hybridized carbons (Fsp3) is 0.200. The second-order valence-corrected chi connectivity index (χ2v) is 6.49. The van der Waals surface area contributed by atoms with Crippen LogP contribution in [0.1, 0.15) is 24.1 Å². The third-order valence-corrected chi connectivity index (χ3v) is 4.90. The molecule has 0 aromatic heterocycles. The summed E-state index contributed by atoms with van der Waals surface area (Å²) in [6.07, 6.45) is 0.